The smallest absolute Gasteiger partial charge is 0.418 e. The minimum absolute atomic E-state index is 0.214. The monoisotopic (exact) mass is 464 g/mol. The zero-order valence-electron chi connectivity index (χ0n) is 18.1. The van der Waals surface area contributed by atoms with Crippen LogP contribution in [0.3, 0.4) is 0 Å². The van der Waals surface area contributed by atoms with Crippen molar-refractivity contribution in [1.29, 1.82) is 0 Å². The fourth-order valence-corrected chi connectivity index (χ4v) is 4.39. The maximum atomic E-state index is 14.2. The van der Waals surface area contributed by atoms with Crippen LogP contribution in [0, 0.1) is 5.82 Å². The highest BCUT2D eigenvalue weighted by atomic mass is 19.4. The summed E-state index contributed by atoms with van der Waals surface area (Å²) in [6.45, 7) is 2.56. The second-order valence-electron chi connectivity index (χ2n) is 9.09. The number of hydrogen-bond acceptors (Lipinski definition) is 4. The summed E-state index contributed by atoms with van der Waals surface area (Å²) < 4.78 is 62.0. The van der Waals surface area contributed by atoms with Crippen LogP contribution in [-0.2, 0) is 11.8 Å². The van der Waals surface area contributed by atoms with E-state index in [-0.39, 0.29) is 5.43 Å². The van der Waals surface area contributed by atoms with E-state index in [1.54, 1.807) is 0 Å². The molecule has 0 amide bonds. The Labute approximate surface area is 187 Å². The Hall–Kier alpha value is -3.07. The van der Waals surface area contributed by atoms with Crippen LogP contribution >= 0.6 is 0 Å². The van der Waals surface area contributed by atoms with Crippen LogP contribution in [0.1, 0.15) is 31.4 Å². The lowest BCUT2D eigenvalue weighted by Crippen LogP contribution is -2.53. The molecule has 3 N–H and O–H groups in total. The van der Waals surface area contributed by atoms with Crippen molar-refractivity contribution in [2.45, 2.75) is 43.9 Å². The lowest BCUT2D eigenvalue weighted by Gasteiger charge is -2.38. The van der Waals surface area contributed by atoms with Crippen LogP contribution in [0.2, 0.25) is 0 Å². The molecule has 1 unspecified atom stereocenters. The van der Waals surface area contributed by atoms with Gasteiger partial charge in [-0.25, -0.2) is 4.39 Å². The van der Waals surface area contributed by atoms with Gasteiger partial charge in [-0.1, -0.05) is 13.8 Å². The molecule has 0 radical (unpaired) electrons. The van der Waals surface area contributed by atoms with Gasteiger partial charge in [0.15, 0.2) is 11.0 Å². The first-order chi connectivity index (χ1) is 15.4. The predicted octanol–water partition coefficient (Wildman–Crippen LogP) is 4.68. The third-order valence-corrected chi connectivity index (χ3v) is 6.08. The maximum absolute atomic E-state index is 14.2. The molecule has 4 rings (SSSR count). The number of aromatic nitrogens is 1. The molecular weight excluding hydrogens is 440 g/mol. The average Bonchev–Trinajstić information content (AvgIpc) is 3.19. The van der Waals surface area contributed by atoms with Gasteiger partial charge in [-0.05, 0) is 42.2 Å². The highest BCUT2D eigenvalue weighted by Crippen LogP contribution is 2.45. The molecule has 9 heteroatoms. The van der Waals surface area contributed by atoms with Gasteiger partial charge in [0.1, 0.15) is 11.6 Å². The first-order valence-corrected chi connectivity index (χ1v) is 10.5. The van der Waals surface area contributed by atoms with Gasteiger partial charge < -0.3 is 20.1 Å². The van der Waals surface area contributed by atoms with E-state index in [0.29, 0.717) is 46.5 Å². The Morgan fingerprint density at radius 3 is 2.64 bits per heavy atom. The van der Waals surface area contributed by atoms with E-state index in [1.807, 2.05) is 0 Å². The molecule has 1 aromatic heterocycles. The zero-order valence-corrected chi connectivity index (χ0v) is 18.1. The molecule has 3 aromatic rings. The quantitative estimate of drug-likeness (QED) is 0.464. The van der Waals surface area contributed by atoms with E-state index < -0.39 is 36.0 Å². The second kappa shape index (κ2) is 8.06. The van der Waals surface area contributed by atoms with Crippen molar-refractivity contribution in [3.8, 4) is 5.75 Å². The first kappa shape index (κ1) is 23.1. The number of halogens is 4. The number of H-pyrrole nitrogens is 1. The number of rotatable bonds is 6. The minimum Gasteiger partial charge on any atom is -0.493 e. The summed E-state index contributed by atoms with van der Waals surface area (Å²) in [7, 11) is 0. The lowest BCUT2D eigenvalue weighted by atomic mass is 9.74. The Morgan fingerprint density at radius 1 is 1.15 bits per heavy atom. The molecule has 0 saturated carbocycles. The number of fused-ring (bicyclic) bond motifs is 2. The molecular formula is C24H24F4N2O3. The summed E-state index contributed by atoms with van der Waals surface area (Å²) in [5.74, 6) is -0.168. The molecule has 176 valence electrons. The molecule has 1 atom stereocenters. The molecule has 0 saturated heterocycles. The SMILES string of the molecule is CC(C)(CC(O)(CNc1ccc2c(=O)cc[nH]c2c1)C(F)(F)F)c1cc(F)cc2c1OCC2. The van der Waals surface area contributed by atoms with Gasteiger partial charge in [0, 0.05) is 40.9 Å². The van der Waals surface area contributed by atoms with Crippen LogP contribution in [0.4, 0.5) is 23.2 Å². The Bertz CT molecular complexity index is 1250. The largest absolute Gasteiger partial charge is 0.493 e. The van der Waals surface area contributed by atoms with E-state index in [9.17, 15) is 27.5 Å². The molecule has 5 nitrogen and oxygen atoms in total. The summed E-state index contributed by atoms with van der Waals surface area (Å²) in [4.78, 5) is 14.7. The molecule has 1 aliphatic rings. The van der Waals surface area contributed by atoms with E-state index >= 15 is 0 Å². The molecule has 2 heterocycles. The summed E-state index contributed by atoms with van der Waals surface area (Å²) in [5.41, 5.74) is -2.92. The lowest BCUT2D eigenvalue weighted by molar-refractivity contribution is -0.260. The van der Waals surface area contributed by atoms with Crippen molar-refractivity contribution in [3.63, 3.8) is 0 Å². The molecule has 2 aromatic carbocycles. The number of aromatic amines is 1. The van der Waals surface area contributed by atoms with Crippen LogP contribution in [0.5, 0.6) is 5.75 Å². The van der Waals surface area contributed by atoms with Crippen molar-refractivity contribution >= 4 is 16.6 Å². The number of alkyl halides is 3. The summed E-state index contributed by atoms with van der Waals surface area (Å²) in [6, 6.07) is 8.34. The second-order valence-corrected chi connectivity index (χ2v) is 9.09. The summed E-state index contributed by atoms with van der Waals surface area (Å²) >= 11 is 0. The van der Waals surface area contributed by atoms with Crippen LogP contribution in [0.25, 0.3) is 10.9 Å². The summed E-state index contributed by atoms with van der Waals surface area (Å²) in [5, 5.41) is 13.8. The summed E-state index contributed by atoms with van der Waals surface area (Å²) in [6.07, 6.45) is -3.76. The number of pyridine rings is 1. The van der Waals surface area contributed by atoms with E-state index in [2.05, 4.69) is 10.3 Å². The van der Waals surface area contributed by atoms with Gasteiger partial charge in [-0.15, -0.1) is 0 Å². The number of benzene rings is 2. The number of anilines is 1. The number of ether oxygens (including phenoxy) is 1. The van der Waals surface area contributed by atoms with Gasteiger partial charge in [-0.3, -0.25) is 4.79 Å². The number of aliphatic hydroxyl groups is 1. The third-order valence-electron chi connectivity index (χ3n) is 6.08. The molecule has 0 fully saturated rings. The highest BCUT2D eigenvalue weighted by molar-refractivity contribution is 5.81. The van der Waals surface area contributed by atoms with Crippen molar-refractivity contribution in [1.82, 2.24) is 4.98 Å². The molecule has 0 bridgehead atoms. The molecule has 0 aliphatic carbocycles. The average molecular weight is 464 g/mol. The van der Waals surface area contributed by atoms with E-state index in [1.165, 1.54) is 56.4 Å². The van der Waals surface area contributed by atoms with Gasteiger partial charge >= 0.3 is 6.18 Å². The maximum Gasteiger partial charge on any atom is 0.418 e. The Morgan fingerprint density at radius 2 is 1.91 bits per heavy atom. The molecule has 0 spiro atoms. The standard InChI is InChI=1S/C24H24F4N2O3/c1-22(2,18-10-15(25)9-14-6-8-33-21(14)18)12-23(32,24(26,27)28)13-30-16-3-4-17-19(11-16)29-7-5-20(17)31/h3-5,7,9-11,30,32H,6,8,12-13H2,1-2H3,(H,29,31). The van der Waals surface area contributed by atoms with Crippen molar-refractivity contribution < 1.29 is 27.4 Å². The Kier molecular flexibility index (Phi) is 5.64. The normalized spacial score (nSPS) is 15.7. The zero-order chi connectivity index (χ0) is 24.0. The first-order valence-electron chi connectivity index (χ1n) is 10.5. The molecule has 1 aliphatic heterocycles. The van der Waals surface area contributed by atoms with Gasteiger partial charge in [0.2, 0.25) is 0 Å². The minimum atomic E-state index is -4.96. The van der Waals surface area contributed by atoms with Crippen molar-refractivity contribution in [3.05, 3.63) is 69.8 Å². The molecule has 33 heavy (non-hydrogen) atoms. The fourth-order valence-electron chi connectivity index (χ4n) is 4.39. The van der Waals surface area contributed by atoms with E-state index in [0.717, 1.165) is 0 Å². The topological polar surface area (TPSA) is 74.4 Å². The van der Waals surface area contributed by atoms with Crippen LogP contribution in [0.15, 0.2) is 47.4 Å². The number of hydrogen-bond donors (Lipinski definition) is 3. The van der Waals surface area contributed by atoms with Gasteiger partial charge in [-0.2, -0.15) is 13.2 Å². The van der Waals surface area contributed by atoms with Crippen molar-refractivity contribution in [2.24, 2.45) is 0 Å². The third kappa shape index (κ3) is 4.42. The van der Waals surface area contributed by atoms with Crippen LogP contribution in [-0.4, -0.2) is 35.0 Å². The van der Waals surface area contributed by atoms with Gasteiger partial charge in [0.05, 0.1) is 18.7 Å². The highest BCUT2D eigenvalue weighted by Gasteiger charge is 2.56. The van der Waals surface area contributed by atoms with E-state index in [4.69, 9.17) is 4.74 Å². The predicted molar refractivity (Wildman–Crippen MR) is 117 cm³/mol. The Balaban J connectivity index is 1.62. The fraction of sp³-hybridized carbons (Fsp3) is 0.375. The van der Waals surface area contributed by atoms with Crippen molar-refractivity contribution in [2.75, 3.05) is 18.5 Å². The van der Waals surface area contributed by atoms with Gasteiger partial charge in [0.25, 0.3) is 0 Å². The number of nitrogens with one attached hydrogen (secondary N) is 2. The van der Waals surface area contributed by atoms with Crippen LogP contribution < -0.4 is 15.5 Å².